The van der Waals surface area contributed by atoms with Gasteiger partial charge in [-0.3, -0.25) is 4.79 Å². The van der Waals surface area contributed by atoms with E-state index in [1.54, 1.807) is 23.1 Å². The third-order valence-electron chi connectivity index (χ3n) is 3.57. The van der Waals surface area contributed by atoms with Crippen LogP contribution in [0.2, 0.25) is 0 Å². The van der Waals surface area contributed by atoms with Crippen molar-refractivity contribution in [2.24, 2.45) is 0 Å². The standard InChI is InChI=1S/C17H16N2OS2/c1-10-4-5-12(8-11(10)2)16(20)18-13-6-7-14-15(9-13)22-17(19-14)21-3/h4-9H,1-3H3,(H,18,20). The summed E-state index contributed by atoms with van der Waals surface area (Å²) in [6.07, 6.45) is 2.01. The van der Waals surface area contributed by atoms with Crippen molar-refractivity contribution in [2.75, 3.05) is 11.6 Å². The molecule has 3 nitrogen and oxygen atoms in total. The fourth-order valence-electron chi connectivity index (χ4n) is 2.15. The van der Waals surface area contributed by atoms with Crippen molar-refractivity contribution in [3.05, 3.63) is 53.1 Å². The van der Waals surface area contributed by atoms with E-state index in [0.717, 1.165) is 25.8 Å². The zero-order valence-corrected chi connectivity index (χ0v) is 14.3. The summed E-state index contributed by atoms with van der Waals surface area (Å²) in [7, 11) is 0. The van der Waals surface area contributed by atoms with Crippen LogP contribution in [0.25, 0.3) is 10.2 Å². The molecule has 0 unspecified atom stereocenters. The SMILES string of the molecule is CSc1nc2ccc(NC(=O)c3ccc(C)c(C)c3)cc2s1. The summed E-state index contributed by atoms with van der Waals surface area (Å²) in [5.41, 5.74) is 4.75. The summed E-state index contributed by atoms with van der Waals surface area (Å²) >= 11 is 3.27. The molecular formula is C17H16N2OS2. The van der Waals surface area contributed by atoms with Gasteiger partial charge in [-0.15, -0.1) is 11.3 Å². The smallest absolute Gasteiger partial charge is 0.255 e. The van der Waals surface area contributed by atoms with Gasteiger partial charge in [0.1, 0.15) is 0 Å². The molecule has 0 aliphatic heterocycles. The maximum Gasteiger partial charge on any atom is 0.255 e. The number of rotatable bonds is 3. The van der Waals surface area contributed by atoms with Gasteiger partial charge in [0.25, 0.3) is 5.91 Å². The second kappa shape index (κ2) is 6.10. The molecule has 1 heterocycles. The van der Waals surface area contributed by atoms with Crippen molar-refractivity contribution >= 4 is 44.9 Å². The first kappa shape index (κ1) is 15.1. The summed E-state index contributed by atoms with van der Waals surface area (Å²) in [5, 5.41) is 2.96. The van der Waals surface area contributed by atoms with Gasteiger partial charge in [0.15, 0.2) is 4.34 Å². The number of anilines is 1. The number of benzene rings is 2. The molecule has 1 N–H and O–H groups in total. The second-order valence-corrected chi connectivity index (χ2v) is 7.20. The lowest BCUT2D eigenvalue weighted by molar-refractivity contribution is 0.102. The van der Waals surface area contributed by atoms with Crippen molar-refractivity contribution in [3.63, 3.8) is 0 Å². The Labute approximate surface area is 137 Å². The molecule has 1 amide bonds. The molecular weight excluding hydrogens is 312 g/mol. The van der Waals surface area contributed by atoms with Crippen molar-refractivity contribution < 1.29 is 4.79 Å². The molecule has 2 aromatic carbocycles. The lowest BCUT2D eigenvalue weighted by Crippen LogP contribution is -2.12. The van der Waals surface area contributed by atoms with E-state index in [1.807, 2.05) is 56.5 Å². The van der Waals surface area contributed by atoms with Gasteiger partial charge in [-0.25, -0.2) is 4.98 Å². The van der Waals surface area contributed by atoms with Crippen LogP contribution in [0.15, 0.2) is 40.7 Å². The first-order valence-corrected chi connectivity index (χ1v) is 8.94. The van der Waals surface area contributed by atoms with Gasteiger partial charge < -0.3 is 5.32 Å². The van der Waals surface area contributed by atoms with E-state index in [0.29, 0.717) is 5.56 Å². The third kappa shape index (κ3) is 3.00. The molecule has 22 heavy (non-hydrogen) atoms. The van der Waals surface area contributed by atoms with E-state index in [9.17, 15) is 4.79 Å². The first-order chi connectivity index (χ1) is 10.6. The normalized spacial score (nSPS) is 10.9. The fourth-order valence-corrected chi connectivity index (χ4v) is 3.68. The number of fused-ring (bicyclic) bond motifs is 1. The van der Waals surface area contributed by atoms with Crippen molar-refractivity contribution in [3.8, 4) is 0 Å². The van der Waals surface area contributed by atoms with Crippen LogP contribution in [0.1, 0.15) is 21.5 Å². The van der Waals surface area contributed by atoms with Crippen molar-refractivity contribution in [1.82, 2.24) is 4.98 Å². The molecule has 0 saturated carbocycles. The van der Waals surface area contributed by atoms with Crippen LogP contribution >= 0.6 is 23.1 Å². The zero-order chi connectivity index (χ0) is 15.7. The topological polar surface area (TPSA) is 42.0 Å². The largest absolute Gasteiger partial charge is 0.322 e. The van der Waals surface area contributed by atoms with E-state index in [4.69, 9.17) is 0 Å². The van der Waals surface area contributed by atoms with E-state index in [2.05, 4.69) is 10.3 Å². The quantitative estimate of drug-likeness (QED) is 0.696. The molecule has 0 bridgehead atoms. The number of hydrogen-bond donors (Lipinski definition) is 1. The minimum Gasteiger partial charge on any atom is -0.322 e. The van der Waals surface area contributed by atoms with Gasteiger partial charge in [0, 0.05) is 11.3 Å². The number of aryl methyl sites for hydroxylation is 2. The summed E-state index contributed by atoms with van der Waals surface area (Å²) < 4.78 is 2.12. The number of hydrogen-bond acceptors (Lipinski definition) is 4. The van der Waals surface area contributed by atoms with E-state index >= 15 is 0 Å². The van der Waals surface area contributed by atoms with Crippen LogP contribution in [0.3, 0.4) is 0 Å². The average molecular weight is 328 g/mol. The molecule has 112 valence electrons. The number of carbonyl (C=O) groups excluding carboxylic acids is 1. The third-order valence-corrected chi connectivity index (χ3v) is 5.57. The molecule has 3 aromatic rings. The highest BCUT2D eigenvalue weighted by Crippen LogP contribution is 2.30. The Morgan fingerprint density at radius 3 is 2.68 bits per heavy atom. The number of amides is 1. The maximum atomic E-state index is 12.3. The van der Waals surface area contributed by atoms with Crippen LogP contribution in [0.5, 0.6) is 0 Å². The lowest BCUT2D eigenvalue weighted by Gasteiger charge is -2.07. The number of nitrogens with one attached hydrogen (secondary N) is 1. The highest BCUT2D eigenvalue weighted by Gasteiger charge is 2.09. The molecule has 0 fully saturated rings. The van der Waals surface area contributed by atoms with Crippen LogP contribution in [-0.2, 0) is 0 Å². The molecule has 5 heteroatoms. The highest BCUT2D eigenvalue weighted by atomic mass is 32.2. The number of thiazole rings is 1. The zero-order valence-electron chi connectivity index (χ0n) is 12.6. The lowest BCUT2D eigenvalue weighted by atomic mass is 10.1. The summed E-state index contributed by atoms with van der Waals surface area (Å²) in [5.74, 6) is -0.0861. The van der Waals surface area contributed by atoms with E-state index < -0.39 is 0 Å². The number of aromatic nitrogens is 1. The van der Waals surface area contributed by atoms with E-state index in [-0.39, 0.29) is 5.91 Å². The minimum absolute atomic E-state index is 0.0861. The van der Waals surface area contributed by atoms with Crippen molar-refractivity contribution in [2.45, 2.75) is 18.2 Å². The Balaban J connectivity index is 1.85. The van der Waals surface area contributed by atoms with Gasteiger partial charge in [-0.05, 0) is 61.6 Å². The molecule has 0 spiro atoms. The highest BCUT2D eigenvalue weighted by molar-refractivity contribution is 8.00. The Bertz CT molecular complexity index is 855. The van der Waals surface area contributed by atoms with E-state index in [1.165, 1.54) is 5.56 Å². The number of carbonyl (C=O) groups is 1. The van der Waals surface area contributed by atoms with Crippen LogP contribution < -0.4 is 5.32 Å². The van der Waals surface area contributed by atoms with Gasteiger partial charge in [0.2, 0.25) is 0 Å². The minimum atomic E-state index is -0.0861. The number of nitrogens with zero attached hydrogens (tertiary/aromatic N) is 1. The number of thioether (sulfide) groups is 1. The predicted molar refractivity (Wildman–Crippen MR) is 95.3 cm³/mol. The molecule has 0 atom stereocenters. The second-order valence-electron chi connectivity index (χ2n) is 5.12. The Morgan fingerprint density at radius 1 is 1.14 bits per heavy atom. The van der Waals surface area contributed by atoms with Gasteiger partial charge in [-0.1, -0.05) is 17.8 Å². The molecule has 0 saturated heterocycles. The molecule has 0 aliphatic rings. The average Bonchev–Trinajstić information content (AvgIpc) is 2.92. The predicted octanol–water partition coefficient (Wildman–Crippen LogP) is 4.89. The van der Waals surface area contributed by atoms with Crippen LogP contribution in [-0.4, -0.2) is 17.1 Å². The van der Waals surface area contributed by atoms with Gasteiger partial charge in [0.05, 0.1) is 10.2 Å². The monoisotopic (exact) mass is 328 g/mol. The Hall–Kier alpha value is -1.85. The maximum absolute atomic E-state index is 12.3. The van der Waals surface area contributed by atoms with Crippen LogP contribution in [0, 0.1) is 13.8 Å². The van der Waals surface area contributed by atoms with Gasteiger partial charge in [-0.2, -0.15) is 0 Å². The summed E-state index contributed by atoms with van der Waals surface area (Å²) in [6, 6.07) is 11.6. The molecule has 1 aromatic heterocycles. The first-order valence-electron chi connectivity index (χ1n) is 6.90. The Morgan fingerprint density at radius 2 is 1.95 bits per heavy atom. The molecule has 3 rings (SSSR count). The summed E-state index contributed by atoms with van der Waals surface area (Å²) in [4.78, 5) is 16.8. The Kier molecular flexibility index (Phi) is 4.18. The van der Waals surface area contributed by atoms with Crippen LogP contribution in [0.4, 0.5) is 5.69 Å². The van der Waals surface area contributed by atoms with Gasteiger partial charge >= 0.3 is 0 Å². The molecule has 0 aliphatic carbocycles. The fraction of sp³-hybridized carbons (Fsp3) is 0.176. The molecule has 0 radical (unpaired) electrons. The summed E-state index contributed by atoms with van der Waals surface area (Å²) in [6.45, 7) is 4.05. The van der Waals surface area contributed by atoms with Crippen molar-refractivity contribution in [1.29, 1.82) is 0 Å².